The number of hydrogen-bond donors (Lipinski definition) is 1. The Morgan fingerprint density at radius 3 is 2.82 bits per heavy atom. The van der Waals surface area contributed by atoms with Crippen molar-refractivity contribution in [3.63, 3.8) is 0 Å². The van der Waals surface area contributed by atoms with Crippen LogP contribution in [-0.4, -0.2) is 16.6 Å². The lowest BCUT2D eigenvalue weighted by atomic mass is 10.1. The van der Waals surface area contributed by atoms with Gasteiger partial charge in [-0.1, -0.05) is 24.6 Å². The molecule has 2 heterocycles. The molecule has 0 bridgehead atoms. The third-order valence-corrected chi connectivity index (χ3v) is 5.95. The number of nitrogens with zero attached hydrogens (tertiary/aromatic N) is 2. The van der Waals surface area contributed by atoms with E-state index in [1.807, 2.05) is 42.5 Å². The third-order valence-electron chi connectivity index (χ3n) is 5.65. The fourth-order valence-electron chi connectivity index (χ4n) is 3.85. The van der Waals surface area contributed by atoms with E-state index >= 15 is 0 Å². The summed E-state index contributed by atoms with van der Waals surface area (Å²) in [7, 11) is 0. The number of nitrogens with one attached hydrogen (secondary N) is 1. The van der Waals surface area contributed by atoms with Gasteiger partial charge in [0, 0.05) is 29.5 Å². The Balaban J connectivity index is 1.36. The van der Waals surface area contributed by atoms with Crippen LogP contribution in [0.3, 0.4) is 0 Å². The Morgan fingerprint density at radius 2 is 2.03 bits per heavy atom. The Kier molecular flexibility index (Phi) is 6.32. The van der Waals surface area contributed by atoms with Crippen LogP contribution in [-0.2, 0) is 6.42 Å². The van der Waals surface area contributed by atoms with Crippen LogP contribution in [0.25, 0.3) is 22.2 Å². The van der Waals surface area contributed by atoms with Crippen LogP contribution in [0.1, 0.15) is 25.5 Å². The Labute approximate surface area is 201 Å². The van der Waals surface area contributed by atoms with E-state index in [0.717, 1.165) is 45.7 Å². The Bertz CT molecular complexity index is 1410. The van der Waals surface area contributed by atoms with Gasteiger partial charge in [-0.05, 0) is 66.6 Å². The summed E-state index contributed by atoms with van der Waals surface area (Å²) in [6, 6.07) is 15.4. The van der Waals surface area contributed by atoms with Crippen molar-refractivity contribution in [2.45, 2.75) is 26.2 Å². The topological polar surface area (TPSA) is 60.2 Å². The molecule has 1 aliphatic rings. The number of benzene rings is 2. The zero-order valence-corrected chi connectivity index (χ0v) is 19.4. The van der Waals surface area contributed by atoms with Gasteiger partial charge >= 0.3 is 0 Å². The maximum Gasteiger partial charge on any atom is 0.141 e. The molecule has 1 aliphatic carbocycles. The van der Waals surface area contributed by atoms with Gasteiger partial charge in [-0.3, -0.25) is 0 Å². The predicted molar refractivity (Wildman–Crippen MR) is 133 cm³/mol. The molecule has 0 amide bonds. The number of aromatic nitrogens is 2. The standard InChI is InChI=1S/C27H23ClFN3O2/c1-2-21-8-11-25(34-21)18-6-9-24-22(13-18)27(31-16-30-24)32-20-7-10-26(23(28)14-20)33-15-17-4-3-5-19(29)12-17/h4,6-14,16H,2-3,5,15H2,1H3,(H,30,31,32). The van der Waals surface area contributed by atoms with E-state index in [1.165, 1.54) is 12.4 Å². The second-order valence-electron chi connectivity index (χ2n) is 8.04. The lowest BCUT2D eigenvalue weighted by Gasteiger charge is -2.13. The quantitative estimate of drug-likeness (QED) is 0.295. The second-order valence-corrected chi connectivity index (χ2v) is 8.45. The number of aryl methyl sites for hydroxylation is 1. The molecule has 2 aromatic heterocycles. The highest BCUT2D eigenvalue weighted by Gasteiger charge is 2.11. The molecular formula is C27H23ClFN3O2. The molecule has 5 rings (SSSR count). The van der Waals surface area contributed by atoms with Crippen molar-refractivity contribution >= 4 is 34.0 Å². The minimum Gasteiger partial charge on any atom is -0.487 e. The first-order valence-electron chi connectivity index (χ1n) is 11.2. The van der Waals surface area contributed by atoms with Crippen molar-refractivity contribution in [3.8, 4) is 17.1 Å². The summed E-state index contributed by atoms with van der Waals surface area (Å²) in [4.78, 5) is 8.82. The van der Waals surface area contributed by atoms with E-state index in [4.69, 9.17) is 20.8 Å². The molecule has 7 heteroatoms. The van der Waals surface area contributed by atoms with Gasteiger partial charge in [0.1, 0.15) is 41.8 Å². The minimum absolute atomic E-state index is 0.121. The van der Waals surface area contributed by atoms with Crippen molar-refractivity contribution in [1.82, 2.24) is 9.97 Å². The summed E-state index contributed by atoms with van der Waals surface area (Å²) in [6.07, 6.45) is 7.00. The maximum absolute atomic E-state index is 13.5. The summed E-state index contributed by atoms with van der Waals surface area (Å²) < 4.78 is 25.2. The number of hydrogen-bond acceptors (Lipinski definition) is 5. The monoisotopic (exact) mass is 475 g/mol. The van der Waals surface area contributed by atoms with Crippen LogP contribution >= 0.6 is 11.6 Å². The lowest BCUT2D eigenvalue weighted by Crippen LogP contribution is -2.03. The zero-order valence-electron chi connectivity index (χ0n) is 18.6. The molecule has 0 saturated carbocycles. The van der Waals surface area contributed by atoms with E-state index in [9.17, 15) is 4.39 Å². The van der Waals surface area contributed by atoms with E-state index < -0.39 is 0 Å². The van der Waals surface area contributed by atoms with Gasteiger partial charge in [-0.15, -0.1) is 0 Å². The van der Waals surface area contributed by atoms with Gasteiger partial charge in [0.05, 0.1) is 10.5 Å². The summed E-state index contributed by atoms with van der Waals surface area (Å²) in [5, 5.41) is 4.65. The molecule has 0 fully saturated rings. The number of fused-ring (bicyclic) bond motifs is 1. The minimum atomic E-state index is -0.121. The fourth-order valence-corrected chi connectivity index (χ4v) is 4.09. The predicted octanol–water partition coefficient (Wildman–Crippen LogP) is 7.80. The van der Waals surface area contributed by atoms with Crippen molar-refractivity contribution in [2.24, 2.45) is 0 Å². The third kappa shape index (κ3) is 4.82. The van der Waals surface area contributed by atoms with Crippen molar-refractivity contribution in [1.29, 1.82) is 0 Å². The average molecular weight is 476 g/mol. The van der Waals surface area contributed by atoms with Gasteiger partial charge in [-0.2, -0.15) is 0 Å². The zero-order chi connectivity index (χ0) is 23.5. The number of ether oxygens (including phenoxy) is 1. The summed E-state index contributed by atoms with van der Waals surface area (Å²) >= 11 is 6.46. The van der Waals surface area contributed by atoms with Gasteiger partial charge in [0.25, 0.3) is 0 Å². The number of halogens is 2. The van der Waals surface area contributed by atoms with Crippen molar-refractivity contribution in [3.05, 3.63) is 89.2 Å². The van der Waals surface area contributed by atoms with Crippen LogP contribution < -0.4 is 10.1 Å². The first-order valence-corrected chi connectivity index (χ1v) is 11.5. The number of anilines is 2. The largest absolute Gasteiger partial charge is 0.487 e. The fraction of sp³-hybridized carbons (Fsp3) is 0.185. The molecule has 5 nitrogen and oxygen atoms in total. The molecule has 0 spiro atoms. The molecule has 34 heavy (non-hydrogen) atoms. The highest BCUT2D eigenvalue weighted by molar-refractivity contribution is 6.32. The Hall–Kier alpha value is -3.64. The molecule has 2 aromatic carbocycles. The van der Waals surface area contributed by atoms with Crippen LogP contribution in [0.2, 0.25) is 5.02 Å². The van der Waals surface area contributed by atoms with E-state index in [1.54, 1.807) is 12.1 Å². The Morgan fingerprint density at radius 1 is 1.12 bits per heavy atom. The first-order chi connectivity index (χ1) is 16.6. The smallest absolute Gasteiger partial charge is 0.141 e. The highest BCUT2D eigenvalue weighted by Crippen LogP contribution is 2.33. The molecule has 172 valence electrons. The van der Waals surface area contributed by atoms with Crippen molar-refractivity contribution in [2.75, 3.05) is 11.9 Å². The summed E-state index contributed by atoms with van der Waals surface area (Å²) in [6.45, 7) is 2.33. The SMILES string of the molecule is CCc1ccc(-c2ccc3ncnc(Nc4ccc(OCC5=CCCC(F)=C5)c(Cl)c4)c3c2)o1. The van der Waals surface area contributed by atoms with Crippen LogP contribution in [0.4, 0.5) is 15.9 Å². The van der Waals surface area contributed by atoms with Gasteiger partial charge in [0.15, 0.2) is 0 Å². The number of furan rings is 1. The molecule has 1 N–H and O–H groups in total. The van der Waals surface area contributed by atoms with E-state index in [-0.39, 0.29) is 12.4 Å². The normalized spacial score (nSPS) is 13.5. The summed E-state index contributed by atoms with van der Waals surface area (Å²) in [5.41, 5.74) is 3.34. The molecule has 0 unspecified atom stereocenters. The maximum atomic E-state index is 13.5. The summed E-state index contributed by atoms with van der Waals surface area (Å²) in [5.74, 6) is 2.82. The first kappa shape index (κ1) is 22.2. The number of rotatable bonds is 7. The van der Waals surface area contributed by atoms with E-state index in [0.29, 0.717) is 29.4 Å². The highest BCUT2D eigenvalue weighted by atomic mass is 35.5. The molecular weight excluding hydrogens is 453 g/mol. The van der Waals surface area contributed by atoms with Crippen LogP contribution in [0.5, 0.6) is 5.75 Å². The lowest BCUT2D eigenvalue weighted by molar-refractivity contribution is 0.353. The van der Waals surface area contributed by atoms with Crippen molar-refractivity contribution < 1.29 is 13.5 Å². The van der Waals surface area contributed by atoms with Crippen LogP contribution in [0.15, 0.2) is 82.8 Å². The molecule has 0 aliphatic heterocycles. The average Bonchev–Trinajstić information content (AvgIpc) is 3.33. The molecule has 0 atom stereocenters. The van der Waals surface area contributed by atoms with Gasteiger partial charge < -0.3 is 14.5 Å². The molecule has 4 aromatic rings. The number of allylic oxidation sites excluding steroid dienone is 2. The van der Waals surface area contributed by atoms with Gasteiger partial charge in [0.2, 0.25) is 0 Å². The second kappa shape index (κ2) is 9.69. The van der Waals surface area contributed by atoms with E-state index in [2.05, 4.69) is 22.2 Å². The molecule has 0 radical (unpaired) electrons. The van der Waals surface area contributed by atoms with Gasteiger partial charge in [-0.25, -0.2) is 14.4 Å². The molecule has 0 saturated heterocycles. The van der Waals surface area contributed by atoms with Crippen LogP contribution in [0, 0.1) is 0 Å².